The number of carboxylic acids is 1. The highest BCUT2D eigenvalue weighted by Crippen LogP contribution is 2.18. The molecule has 34 heavy (non-hydrogen) atoms. The van der Waals surface area contributed by atoms with Gasteiger partial charge in [0.05, 0.1) is 6.04 Å². The van der Waals surface area contributed by atoms with E-state index >= 15 is 0 Å². The van der Waals surface area contributed by atoms with Crippen molar-refractivity contribution in [3.63, 3.8) is 0 Å². The molecule has 2 aromatic rings. The average molecular weight is 512 g/mol. The number of carbonyl (C=O) groups is 2. The minimum atomic E-state index is -1.15. The zero-order valence-corrected chi connectivity index (χ0v) is 20.8. The summed E-state index contributed by atoms with van der Waals surface area (Å²) in [6.45, 7) is 3.91. The number of anilines is 1. The van der Waals surface area contributed by atoms with Gasteiger partial charge in [-0.1, -0.05) is 31.2 Å². The van der Waals surface area contributed by atoms with Crippen molar-refractivity contribution in [3.8, 4) is 0 Å². The Morgan fingerprint density at radius 1 is 1.00 bits per heavy atom. The number of nitrogens with zero attached hydrogens (tertiary/aromatic N) is 1. The summed E-state index contributed by atoms with van der Waals surface area (Å²) in [5.74, 6) is -1.01. The normalized spacial score (nSPS) is 12.7. The highest BCUT2D eigenvalue weighted by molar-refractivity contribution is 6.18. The average Bonchev–Trinajstić information content (AvgIpc) is 2.82. The molecular formula is C25H32Cl2FN3O3. The Balaban J connectivity index is 2.15. The van der Waals surface area contributed by atoms with Crippen LogP contribution in [0.1, 0.15) is 24.5 Å². The molecule has 0 aromatic heterocycles. The molecule has 0 bridgehead atoms. The first-order chi connectivity index (χ1) is 16.4. The monoisotopic (exact) mass is 511 g/mol. The van der Waals surface area contributed by atoms with Crippen molar-refractivity contribution in [2.24, 2.45) is 0 Å². The Bertz CT molecular complexity index is 909. The highest BCUT2D eigenvalue weighted by atomic mass is 35.5. The van der Waals surface area contributed by atoms with E-state index in [-0.39, 0.29) is 6.42 Å². The van der Waals surface area contributed by atoms with Crippen LogP contribution < -0.4 is 15.5 Å². The standard InChI is InChI=1S/C25H32Cl2FN3O3/c1-2-12-29-22(17-19-4-3-5-21(15-19)31(13-10-26)14-11-27)24(32)30-23(25(33)34)16-18-6-8-20(28)9-7-18/h3-9,15,22-23,29H,2,10-14,16-17H2,1H3,(H,30,32)(H,33,34)/t22-,23-/m0/s1. The molecule has 186 valence electrons. The summed E-state index contributed by atoms with van der Waals surface area (Å²) >= 11 is 11.9. The lowest BCUT2D eigenvalue weighted by Crippen LogP contribution is -2.52. The predicted molar refractivity (Wildman–Crippen MR) is 136 cm³/mol. The molecule has 9 heteroatoms. The third-order valence-electron chi connectivity index (χ3n) is 5.35. The molecule has 2 aromatic carbocycles. The zero-order chi connectivity index (χ0) is 24.9. The van der Waals surface area contributed by atoms with Crippen LogP contribution in [0.5, 0.6) is 0 Å². The van der Waals surface area contributed by atoms with Gasteiger partial charge in [0.1, 0.15) is 11.9 Å². The third kappa shape index (κ3) is 9.12. The van der Waals surface area contributed by atoms with Gasteiger partial charge < -0.3 is 20.6 Å². The highest BCUT2D eigenvalue weighted by Gasteiger charge is 2.25. The van der Waals surface area contributed by atoms with Crippen molar-refractivity contribution >= 4 is 40.8 Å². The summed E-state index contributed by atoms with van der Waals surface area (Å²) < 4.78 is 13.2. The van der Waals surface area contributed by atoms with Crippen LogP contribution in [0.15, 0.2) is 48.5 Å². The number of hydrogen-bond acceptors (Lipinski definition) is 4. The van der Waals surface area contributed by atoms with Crippen LogP contribution in [0.2, 0.25) is 0 Å². The van der Waals surface area contributed by atoms with E-state index in [1.54, 1.807) is 0 Å². The maximum Gasteiger partial charge on any atom is 0.326 e. The first kappa shape index (κ1) is 27.9. The Labute approximate surface area is 210 Å². The SMILES string of the molecule is CCCN[C@@H](Cc1cccc(N(CCCl)CCCl)c1)C(=O)N[C@@H](Cc1ccc(F)cc1)C(=O)O. The largest absolute Gasteiger partial charge is 0.480 e. The molecule has 2 atom stereocenters. The summed E-state index contributed by atoms with van der Waals surface area (Å²) in [6, 6.07) is 11.7. The molecule has 0 saturated carbocycles. The maximum atomic E-state index is 13.2. The lowest BCUT2D eigenvalue weighted by Gasteiger charge is -2.25. The number of alkyl halides is 2. The molecule has 0 unspecified atom stereocenters. The molecule has 0 heterocycles. The van der Waals surface area contributed by atoms with Crippen LogP contribution in [0.3, 0.4) is 0 Å². The molecular weight excluding hydrogens is 480 g/mol. The van der Waals surface area contributed by atoms with Gasteiger partial charge in [0.2, 0.25) is 5.91 Å². The zero-order valence-electron chi connectivity index (χ0n) is 19.3. The second-order valence-corrected chi connectivity index (χ2v) is 8.73. The quantitative estimate of drug-likeness (QED) is 0.316. The molecule has 0 aliphatic carbocycles. The summed E-state index contributed by atoms with van der Waals surface area (Å²) in [7, 11) is 0. The Morgan fingerprint density at radius 2 is 1.65 bits per heavy atom. The van der Waals surface area contributed by atoms with E-state index in [4.69, 9.17) is 23.2 Å². The Kier molecular flexibility index (Phi) is 12.2. The van der Waals surface area contributed by atoms with Crippen molar-refractivity contribution in [1.29, 1.82) is 0 Å². The van der Waals surface area contributed by atoms with E-state index in [1.165, 1.54) is 24.3 Å². The molecule has 6 nitrogen and oxygen atoms in total. The minimum absolute atomic E-state index is 0.0587. The second-order valence-electron chi connectivity index (χ2n) is 7.98. The van der Waals surface area contributed by atoms with Crippen molar-refractivity contribution in [2.75, 3.05) is 36.3 Å². The van der Waals surface area contributed by atoms with Crippen molar-refractivity contribution in [2.45, 2.75) is 38.3 Å². The van der Waals surface area contributed by atoms with Gasteiger partial charge in [-0.2, -0.15) is 0 Å². The minimum Gasteiger partial charge on any atom is -0.480 e. The van der Waals surface area contributed by atoms with E-state index < -0.39 is 29.8 Å². The smallest absolute Gasteiger partial charge is 0.326 e. The van der Waals surface area contributed by atoms with Crippen molar-refractivity contribution in [1.82, 2.24) is 10.6 Å². The second kappa shape index (κ2) is 14.8. The van der Waals surface area contributed by atoms with Gasteiger partial charge in [-0.3, -0.25) is 4.79 Å². The van der Waals surface area contributed by atoms with E-state index in [1.807, 2.05) is 31.2 Å². The Hall–Kier alpha value is -2.35. The number of hydrogen-bond donors (Lipinski definition) is 3. The fourth-order valence-electron chi connectivity index (χ4n) is 3.59. The van der Waals surface area contributed by atoms with E-state index in [2.05, 4.69) is 15.5 Å². The number of carboxylic acid groups (broad SMARTS) is 1. The summed E-state index contributed by atoms with van der Waals surface area (Å²) in [5.41, 5.74) is 2.52. The molecule has 0 saturated heterocycles. The number of nitrogens with one attached hydrogen (secondary N) is 2. The maximum absolute atomic E-state index is 13.2. The van der Waals surface area contributed by atoms with Crippen LogP contribution in [0.25, 0.3) is 0 Å². The van der Waals surface area contributed by atoms with E-state index in [0.29, 0.717) is 43.4 Å². The van der Waals surface area contributed by atoms with Crippen molar-refractivity contribution in [3.05, 3.63) is 65.5 Å². The Morgan fingerprint density at radius 3 is 2.24 bits per heavy atom. The number of rotatable bonds is 15. The molecule has 0 radical (unpaired) electrons. The number of aliphatic carboxylic acids is 1. The van der Waals surface area contributed by atoms with Gasteiger partial charge >= 0.3 is 5.97 Å². The number of benzene rings is 2. The molecule has 3 N–H and O–H groups in total. The fourth-order valence-corrected chi connectivity index (χ4v) is 4.00. The van der Waals surface area contributed by atoms with Gasteiger partial charge in [-0.05, 0) is 54.8 Å². The number of amides is 1. The lowest BCUT2D eigenvalue weighted by atomic mass is 10.0. The summed E-state index contributed by atoms with van der Waals surface area (Å²) in [4.78, 5) is 27.0. The summed E-state index contributed by atoms with van der Waals surface area (Å²) in [5, 5.41) is 15.5. The number of carbonyl (C=O) groups excluding carboxylic acids is 1. The third-order valence-corrected chi connectivity index (χ3v) is 5.69. The fraction of sp³-hybridized carbons (Fsp3) is 0.440. The lowest BCUT2D eigenvalue weighted by molar-refractivity contribution is -0.142. The first-order valence-corrected chi connectivity index (χ1v) is 12.4. The molecule has 0 aliphatic rings. The van der Waals surface area contributed by atoms with Crippen LogP contribution in [-0.2, 0) is 22.4 Å². The molecule has 0 spiro atoms. The van der Waals surface area contributed by atoms with E-state index in [9.17, 15) is 19.1 Å². The summed E-state index contributed by atoms with van der Waals surface area (Å²) in [6.07, 6.45) is 1.27. The van der Waals surface area contributed by atoms with Gasteiger partial charge in [0.15, 0.2) is 0 Å². The van der Waals surface area contributed by atoms with Gasteiger partial charge in [0.25, 0.3) is 0 Å². The van der Waals surface area contributed by atoms with Crippen molar-refractivity contribution < 1.29 is 19.1 Å². The molecule has 0 aliphatic heterocycles. The molecule has 1 amide bonds. The van der Waals surface area contributed by atoms with Gasteiger partial charge in [-0.25, -0.2) is 9.18 Å². The first-order valence-electron chi connectivity index (χ1n) is 11.3. The topological polar surface area (TPSA) is 81.7 Å². The van der Waals surface area contributed by atoms with Crippen LogP contribution in [0, 0.1) is 5.82 Å². The van der Waals surface area contributed by atoms with Crippen LogP contribution >= 0.6 is 23.2 Å². The predicted octanol–water partition coefficient (Wildman–Crippen LogP) is 3.83. The number of halogens is 3. The van der Waals surface area contributed by atoms with Gasteiger partial charge in [-0.15, -0.1) is 23.2 Å². The van der Waals surface area contributed by atoms with E-state index in [0.717, 1.165) is 17.7 Å². The van der Waals surface area contributed by atoms with Crippen LogP contribution in [0.4, 0.5) is 10.1 Å². The molecule has 0 fully saturated rings. The molecule has 2 rings (SSSR count). The van der Waals surface area contributed by atoms with Crippen LogP contribution in [-0.4, -0.2) is 60.5 Å². The van der Waals surface area contributed by atoms with Gasteiger partial charge in [0, 0.05) is 37.0 Å².